The number of fused-ring (bicyclic) bond motifs is 2. The maximum absolute atomic E-state index is 11.9. The van der Waals surface area contributed by atoms with Gasteiger partial charge in [-0.05, 0) is 25.8 Å². The van der Waals surface area contributed by atoms with Gasteiger partial charge in [0.15, 0.2) is 11.5 Å². The van der Waals surface area contributed by atoms with E-state index in [0.29, 0.717) is 41.4 Å². The summed E-state index contributed by atoms with van der Waals surface area (Å²) in [5.41, 5.74) is 0.704. The Balaban J connectivity index is 1.88. The Morgan fingerprint density at radius 2 is 1.89 bits per heavy atom. The van der Waals surface area contributed by atoms with Gasteiger partial charge in [-0.1, -0.05) is 0 Å². The molecule has 1 fully saturated rings. The summed E-state index contributed by atoms with van der Waals surface area (Å²) in [6.45, 7) is 3.12. The van der Waals surface area contributed by atoms with Crippen LogP contribution in [0.15, 0.2) is 16.9 Å². The molecule has 98 valence electrons. The maximum atomic E-state index is 11.9. The Kier molecular flexibility index (Phi) is 2.00. The molecule has 1 spiro atoms. The Hall–Kier alpha value is -2.04. The average Bonchev–Trinajstić information content (AvgIpc) is 3.16. The van der Waals surface area contributed by atoms with Gasteiger partial charge in [-0.25, -0.2) is 4.98 Å². The molecule has 0 saturated heterocycles. The minimum absolute atomic E-state index is 0.140. The molecule has 0 unspecified atom stereocenters. The molecule has 2 aromatic rings. The van der Waals surface area contributed by atoms with E-state index in [1.165, 1.54) is 0 Å². The molecule has 0 bridgehead atoms. The number of benzene rings is 1. The molecular formula is C14H14N2O3. The number of aromatic amines is 1. The molecule has 5 nitrogen and oxygen atoms in total. The van der Waals surface area contributed by atoms with Crippen LogP contribution in [0.3, 0.4) is 0 Å². The van der Waals surface area contributed by atoms with Crippen LogP contribution in [-0.4, -0.2) is 23.2 Å². The fourth-order valence-electron chi connectivity index (χ4n) is 2.46. The number of ether oxygens (including phenoxy) is 2. The zero-order valence-electron chi connectivity index (χ0n) is 10.7. The lowest BCUT2D eigenvalue weighted by atomic mass is 10.1. The molecule has 0 amide bonds. The standard InChI is InChI=1S/C14H14N2O3/c1-8-15-10-5-12-11(4-9(10)13(17)16-8)18-6-14(2-3-14)7-19-12/h4-5H,2-3,6-7H2,1H3,(H,15,16,17). The van der Waals surface area contributed by atoms with E-state index in [2.05, 4.69) is 9.97 Å². The number of hydrogen-bond donors (Lipinski definition) is 1. The molecule has 0 atom stereocenters. The highest BCUT2D eigenvalue weighted by atomic mass is 16.5. The van der Waals surface area contributed by atoms with Crippen molar-refractivity contribution in [2.24, 2.45) is 5.41 Å². The van der Waals surface area contributed by atoms with Crippen molar-refractivity contribution in [3.8, 4) is 11.5 Å². The van der Waals surface area contributed by atoms with Crippen molar-refractivity contribution in [3.05, 3.63) is 28.3 Å². The molecule has 2 aliphatic rings. The van der Waals surface area contributed by atoms with Gasteiger partial charge in [0.05, 0.1) is 24.1 Å². The summed E-state index contributed by atoms with van der Waals surface area (Å²) < 4.78 is 11.7. The highest BCUT2D eigenvalue weighted by Gasteiger charge is 2.46. The van der Waals surface area contributed by atoms with E-state index in [9.17, 15) is 4.79 Å². The van der Waals surface area contributed by atoms with Crippen LogP contribution in [0.4, 0.5) is 0 Å². The first kappa shape index (κ1) is 10.8. The number of nitrogens with zero attached hydrogens (tertiary/aromatic N) is 1. The van der Waals surface area contributed by atoms with Gasteiger partial charge >= 0.3 is 0 Å². The van der Waals surface area contributed by atoms with Crippen LogP contribution in [0.25, 0.3) is 10.9 Å². The fourth-order valence-corrected chi connectivity index (χ4v) is 2.46. The van der Waals surface area contributed by atoms with Crippen molar-refractivity contribution in [1.29, 1.82) is 0 Å². The van der Waals surface area contributed by atoms with Crippen LogP contribution in [-0.2, 0) is 0 Å². The molecule has 1 aromatic heterocycles. The summed E-state index contributed by atoms with van der Waals surface area (Å²) in [4.78, 5) is 19.0. The normalized spacial score (nSPS) is 19.4. The summed E-state index contributed by atoms with van der Waals surface area (Å²) in [5, 5.41) is 0.541. The van der Waals surface area contributed by atoms with Gasteiger partial charge in [-0.3, -0.25) is 4.79 Å². The van der Waals surface area contributed by atoms with Gasteiger partial charge in [0.25, 0.3) is 5.56 Å². The Morgan fingerprint density at radius 1 is 1.21 bits per heavy atom. The van der Waals surface area contributed by atoms with E-state index in [1.807, 2.05) is 0 Å². The van der Waals surface area contributed by atoms with E-state index >= 15 is 0 Å². The van der Waals surface area contributed by atoms with Crippen molar-refractivity contribution in [2.75, 3.05) is 13.2 Å². The molecular weight excluding hydrogens is 244 g/mol. The van der Waals surface area contributed by atoms with Crippen LogP contribution < -0.4 is 15.0 Å². The third-order valence-corrected chi connectivity index (χ3v) is 3.91. The second kappa shape index (κ2) is 3.50. The number of nitrogens with one attached hydrogen (secondary N) is 1. The average molecular weight is 258 g/mol. The number of aryl methyl sites for hydroxylation is 1. The number of hydrogen-bond acceptors (Lipinski definition) is 4. The minimum atomic E-state index is -0.140. The van der Waals surface area contributed by atoms with Gasteiger partial charge in [0.2, 0.25) is 0 Å². The summed E-state index contributed by atoms with van der Waals surface area (Å²) in [7, 11) is 0. The number of H-pyrrole nitrogens is 1. The van der Waals surface area contributed by atoms with Crippen molar-refractivity contribution in [2.45, 2.75) is 19.8 Å². The summed E-state index contributed by atoms with van der Waals surface area (Å²) in [5.74, 6) is 1.94. The summed E-state index contributed by atoms with van der Waals surface area (Å²) in [6.07, 6.45) is 2.30. The molecule has 19 heavy (non-hydrogen) atoms. The van der Waals surface area contributed by atoms with E-state index in [0.717, 1.165) is 12.8 Å². The predicted molar refractivity (Wildman–Crippen MR) is 69.8 cm³/mol. The molecule has 1 aliphatic carbocycles. The fraction of sp³-hybridized carbons (Fsp3) is 0.429. The van der Waals surface area contributed by atoms with Crippen LogP contribution in [0.2, 0.25) is 0 Å². The SMILES string of the molecule is Cc1nc2cc3c(cc2c(=O)[nH]1)OCC1(CC1)CO3. The summed E-state index contributed by atoms with van der Waals surface area (Å²) >= 11 is 0. The molecule has 5 heteroatoms. The lowest BCUT2D eigenvalue weighted by molar-refractivity contribution is 0.197. The smallest absolute Gasteiger partial charge is 0.258 e. The largest absolute Gasteiger partial charge is 0.489 e. The topological polar surface area (TPSA) is 64.2 Å². The monoisotopic (exact) mass is 258 g/mol. The van der Waals surface area contributed by atoms with E-state index in [4.69, 9.17) is 9.47 Å². The van der Waals surface area contributed by atoms with Crippen LogP contribution in [0.1, 0.15) is 18.7 Å². The predicted octanol–water partition coefficient (Wildman–Crippen LogP) is 1.78. The second-order valence-corrected chi connectivity index (χ2v) is 5.54. The zero-order valence-corrected chi connectivity index (χ0v) is 10.7. The van der Waals surface area contributed by atoms with E-state index in [-0.39, 0.29) is 11.0 Å². The molecule has 4 rings (SSSR count). The Labute approximate surface area is 109 Å². The second-order valence-electron chi connectivity index (χ2n) is 5.54. The van der Waals surface area contributed by atoms with Gasteiger partial charge in [-0.2, -0.15) is 0 Å². The molecule has 0 radical (unpaired) electrons. The number of aromatic nitrogens is 2. The van der Waals surface area contributed by atoms with Crippen molar-refractivity contribution < 1.29 is 9.47 Å². The van der Waals surface area contributed by atoms with Crippen LogP contribution >= 0.6 is 0 Å². The van der Waals surface area contributed by atoms with E-state index < -0.39 is 0 Å². The lowest BCUT2D eigenvalue weighted by Crippen LogP contribution is -2.17. The lowest BCUT2D eigenvalue weighted by Gasteiger charge is -2.08. The first-order valence-electron chi connectivity index (χ1n) is 6.46. The van der Waals surface area contributed by atoms with Crippen LogP contribution in [0, 0.1) is 12.3 Å². The van der Waals surface area contributed by atoms with E-state index in [1.54, 1.807) is 19.1 Å². The van der Waals surface area contributed by atoms with Gasteiger partial charge in [0.1, 0.15) is 5.82 Å². The Morgan fingerprint density at radius 3 is 2.58 bits per heavy atom. The van der Waals surface area contributed by atoms with Gasteiger partial charge in [-0.15, -0.1) is 0 Å². The minimum Gasteiger partial charge on any atom is -0.489 e. The first-order valence-corrected chi connectivity index (χ1v) is 6.46. The third-order valence-electron chi connectivity index (χ3n) is 3.91. The highest BCUT2D eigenvalue weighted by molar-refractivity contribution is 5.81. The highest BCUT2D eigenvalue weighted by Crippen LogP contribution is 2.49. The quantitative estimate of drug-likeness (QED) is 0.782. The van der Waals surface area contributed by atoms with Gasteiger partial charge < -0.3 is 14.5 Å². The molecule has 1 aromatic carbocycles. The number of rotatable bonds is 0. The Bertz CT molecular complexity index is 731. The summed E-state index contributed by atoms with van der Waals surface area (Å²) in [6, 6.07) is 3.53. The third kappa shape index (κ3) is 1.69. The molecule has 1 aliphatic heterocycles. The van der Waals surface area contributed by atoms with Crippen molar-refractivity contribution in [3.63, 3.8) is 0 Å². The van der Waals surface area contributed by atoms with Gasteiger partial charge in [0, 0.05) is 11.5 Å². The molecule has 1 N–H and O–H groups in total. The molecule has 2 heterocycles. The van der Waals surface area contributed by atoms with Crippen molar-refractivity contribution in [1.82, 2.24) is 9.97 Å². The van der Waals surface area contributed by atoms with Crippen molar-refractivity contribution >= 4 is 10.9 Å². The molecule has 1 saturated carbocycles. The zero-order chi connectivity index (χ0) is 13.0. The maximum Gasteiger partial charge on any atom is 0.258 e. The van der Waals surface area contributed by atoms with Crippen LogP contribution in [0.5, 0.6) is 11.5 Å². The first-order chi connectivity index (χ1) is 9.15.